The van der Waals surface area contributed by atoms with Crippen LogP contribution in [-0.2, 0) is 126 Å². The van der Waals surface area contributed by atoms with Crippen LogP contribution in [0.2, 0.25) is 0 Å². The number of methoxy groups -OCH3 is 4. The van der Waals surface area contributed by atoms with Crippen LogP contribution in [0.5, 0.6) is 0 Å². The molecule has 0 radical (unpaired) electrons. The van der Waals surface area contributed by atoms with E-state index in [1.54, 1.807) is 46.6 Å². The molecule has 1 saturated heterocycles. The number of aryl methyl sites for hydroxylation is 7. The first-order valence-electron chi connectivity index (χ1n) is 36.4. The molecule has 1 amide bonds. The highest BCUT2D eigenvalue weighted by atomic mass is 35.5. The Morgan fingerprint density at radius 2 is 0.800 bits per heavy atom. The fourth-order valence-electron chi connectivity index (χ4n) is 12.2. The van der Waals surface area contributed by atoms with Crippen molar-refractivity contribution < 1.29 is 72.1 Å². The van der Waals surface area contributed by atoms with Crippen molar-refractivity contribution in [1.29, 1.82) is 0 Å². The number of hydrogen-bond donors (Lipinski definition) is 3. The summed E-state index contributed by atoms with van der Waals surface area (Å²) >= 11 is 12.1. The zero-order valence-electron chi connectivity index (χ0n) is 68.4. The highest BCUT2D eigenvalue weighted by molar-refractivity contribution is 6.17. The third-order valence-electron chi connectivity index (χ3n) is 19.0. The zero-order chi connectivity index (χ0) is 82.5. The van der Waals surface area contributed by atoms with Crippen LogP contribution in [-0.4, -0.2) is 152 Å². The number of esters is 4. The number of halogens is 2. The minimum atomic E-state index is -0.919. The van der Waals surface area contributed by atoms with Crippen LogP contribution in [0.25, 0.3) is 0 Å². The second-order valence-corrected chi connectivity index (χ2v) is 30.4. The van der Waals surface area contributed by atoms with Gasteiger partial charge in [-0.25, -0.2) is 0 Å². The molecule has 1 aliphatic rings. The van der Waals surface area contributed by atoms with Gasteiger partial charge in [-0.05, 0) is 176 Å². The first-order valence-corrected chi connectivity index (χ1v) is 37.5. The number of benzene rings is 4. The van der Waals surface area contributed by atoms with Crippen LogP contribution in [0.15, 0.2) is 91.4 Å². The summed E-state index contributed by atoms with van der Waals surface area (Å²) in [6.07, 6.45) is 8.61. The molecule has 0 spiro atoms. The zero-order valence-corrected chi connectivity index (χ0v) is 69.9. The summed E-state index contributed by atoms with van der Waals surface area (Å²) in [4.78, 5) is 62.1. The van der Waals surface area contributed by atoms with Gasteiger partial charge in [0.25, 0.3) is 0 Å². The maximum absolute atomic E-state index is 12.4. The molecule has 26 nitrogen and oxygen atoms in total. The van der Waals surface area contributed by atoms with Gasteiger partial charge in [-0.15, -0.1) is 44.9 Å². The lowest BCUT2D eigenvalue weighted by molar-refractivity contribution is -0.162. The van der Waals surface area contributed by atoms with Crippen molar-refractivity contribution in [3.05, 3.63) is 175 Å². The fraction of sp³-hybridized carbons (Fsp3) is 0.549. The van der Waals surface area contributed by atoms with Crippen molar-refractivity contribution in [3.63, 3.8) is 0 Å². The second kappa shape index (κ2) is 43.9. The lowest BCUT2D eigenvalue weighted by atomic mass is 9.81. The van der Waals surface area contributed by atoms with Gasteiger partial charge in [0, 0.05) is 51.5 Å². The van der Waals surface area contributed by atoms with E-state index in [1.807, 2.05) is 175 Å². The first kappa shape index (κ1) is 93.9. The Labute approximate surface area is 659 Å². The molecule has 1 fully saturated rings. The molecule has 3 N–H and O–H groups in total. The largest absolute Gasteiger partial charge is 0.469 e. The number of hydrogen-bond acceptors (Lipinski definition) is 22. The molecule has 0 bridgehead atoms. The van der Waals surface area contributed by atoms with E-state index < -0.39 is 46.1 Å². The van der Waals surface area contributed by atoms with Gasteiger partial charge in [-0.2, -0.15) is 0 Å². The number of aliphatic hydroxyl groups is 2. The highest BCUT2D eigenvalue weighted by Crippen LogP contribution is 2.43. The van der Waals surface area contributed by atoms with Crippen LogP contribution in [0.4, 0.5) is 0 Å². The number of carbonyl (C=O) groups is 5. The molecule has 8 rings (SSSR count). The van der Waals surface area contributed by atoms with Gasteiger partial charge in [0.2, 0.25) is 5.91 Å². The lowest BCUT2D eigenvalue weighted by Gasteiger charge is -2.32. The van der Waals surface area contributed by atoms with Crippen molar-refractivity contribution in [2.45, 2.75) is 207 Å². The van der Waals surface area contributed by atoms with Gasteiger partial charge >= 0.3 is 23.9 Å². The van der Waals surface area contributed by atoms with E-state index in [2.05, 4.69) is 56.0 Å². The number of nitrogens with one attached hydrogen (secondary N) is 1. The van der Waals surface area contributed by atoms with Gasteiger partial charge in [0.15, 0.2) is 0 Å². The standard InChI is InChI=1S/2C19H26ClN3O3.C19H27N3O4.C17H22O4.C8H16N2O/c2*1-6-23-11-16(21-22-23)12-26-17(19(3,4)18(24)25-5)14-8-7-13(2)15(9-14)10-20;1-6-22-10-16(20-21-22)12-26-17(19(3,4)18(24)25-5)14-8-7-13(2)15(9-14)11-23;1-6-9-21-15(17(3,4)16(19)20-5)13-8-7-12(2)14(10-13)11-18;1-8(2)5-9-4-7(11)10(3)6-8/h2*7-9,11,17H,6,10,12H2,1-5H3;7-10,17,23H,6,11-12H2,1-5H3;1,7-8,10,15,18H,9,11H2,2-5H3;9H,4-6H2,1-3H3. The summed E-state index contributed by atoms with van der Waals surface area (Å²) in [5.41, 5.74) is 9.87. The molecule has 4 unspecified atom stereocenters. The Bertz CT molecular complexity index is 3840. The van der Waals surface area contributed by atoms with Crippen LogP contribution in [0.1, 0.15) is 198 Å². The number of terminal acetylenes is 1. The normalized spacial score (nSPS) is 14.0. The topological polar surface area (TPSA) is 307 Å². The summed E-state index contributed by atoms with van der Waals surface area (Å²) in [6, 6.07) is 23.2. The summed E-state index contributed by atoms with van der Waals surface area (Å²) in [5, 5.41) is 46.4. The molecule has 110 heavy (non-hydrogen) atoms. The fourth-order valence-corrected chi connectivity index (χ4v) is 12.7. The monoisotopic (exact) mass is 1570 g/mol. The summed E-state index contributed by atoms with van der Waals surface area (Å²) in [5.74, 6) is 1.97. The number of aromatic nitrogens is 9. The van der Waals surface area contributed by atoms with E-state index in [1.165, 1.54) is 28.4 Å². The van der Waals surface area contributed by atoms with E-state index in [0.29, 0.717) is 35.4 Å². The van der Waals surface area contributed by atoms with Gasteiger partial charge in [0.05, 0.1) is 133 Å². The van der Waals surface area contributed by atoms with Crippen LogP contribution >= 0.6 is 23.2 Å². The van der Waals surface area contributed by atoms with E-state index in [-0.39, 0.29) is 74.8 Å². The number of alkyl halides is 2. The van der Waals surface area contributed by atoms with E-state index in [4.69, 9.17) is 67.5 Å². The van der Waals surface area contributed by atoms with Crippen LogP contribution < -0.4 is 5.32 Å². The number of rotatable bonds is 30. The molecular weight excluding hydrogens is 1450 g/mol. The first-order chi connectivity index (χ1) is 51.9. The molecule has 604 valence electrons. The van der Waals surface area contributed by atoms with E-state index >= 15 is 0 Å². The van der Waals surface area contributed by atoms with Crippen molar-refractivity contribution in [2.24, 2.45) is 27.1 Å². The van der Waals surface area contributed by atoms with Crippen LogP contribution in [0, 0.1) is 67.1 Å². The number of amides is 1. The summed E-state index contributed by atoms with van der Waals surface area (Å²) in [7, 11) is 7.33. The molecular formula is C82H117Cl2N11O15. The van der Waals surface area contributed by atoms with Gasteiger partial charge in [-0.1, -0.05) is 108 Å². The number of carbonyl (C=O) groups excluding carboxylic acids is 5. The van der Waals surface area contributed by atoms with E-state index in [0.717, 1.165) is 99.5 Å². The predicted octanol–water partition coefficient (Wildman–Crippen LogP) is 12.6. The molecule has 0 aliphatic carbocycles. The molecule has 3 aromatic heterocycles. The molecule has 0 saturated carbocycles. The molecule has 1 aliphatic heterocycles. The maximum Gasteiger partial charge on any atom is 0.314 e. The Hall–Kier alpha value is -8.49. The Balaban J connectivity index is 0.000000296. The highest BCUT2D eigenvalue weighted by Gasteiger charge is 2.44. The number of likely N-dealkylation sites (N-methyl/N-ethyl adjacent to an activating group) is 1. The molecule has 28 heteroatoms. The van der Waals surface area contributed by atoms with Crippen molar-refractivity contribution in [3.8, 4) is 12.3 Å². The Morgan fingerprint density at radius 3 is 1.05 bits per heavy atom. The van der Waals surface area contributed by atoms with Crippen molar-refractivity contribution in [1.82, 2.24) is 55.2 Å². The number of ether oxygens (including phenoxy) is 8. The third-order valence-corrected chi connectivity index (χ3v) is 19.6. The average Bonchev–Trinajstić information content (AvgIpc) is 0.958. The predicted molar refractivity (Wildman–Crippen MR) is 420 cm³/mol. The van der Waals surface area contributed by atoms with Crippen molar-refractivity contribution in [2.75, 3.05) is 61.7 Å². The van der Waals surface area contributed by atoms with E-state index in [9.17, 15) is 34.2 Å². The summed E-state index contributed by atoms with van der Waals surface area (Å²) in [6.45, 7) is 37.5. The quantitative estimate of drug-likeness (QED) is 0.0163. The van der Waals surface area contributed by atoms with Crippen molar-refractivity contribution >= 4 is 53.0 Å². The second-order valence-electron chi connectivity index (χ2n) is 29.9. The van der Waals surface area contributed by atoms with Gasteiger partial charge in [-0.3, -0.25) is 38.0 Å². The summed E-state index contributed by atoms with van der Waals surface area (Å²) < 4.78 is 49.1. The molecule has 4 atom stereocenters. The maximum atomic E-state index is 12.4. The minimum absolute atomic E-state index is 0.0693. The Morgan fingerprint density at radius 1 is 0.518 bits per heavy atom. The minimum Gasteiger partial charge on any atom is -0.469 e. The smallest absolute Gasteiger partial charge is 0.314 e. The Kier molecular flexibility index (Phi) is 37.5. The van der Waals surface area contributed by atoms with Crippen LogP contribution in [0.3, 0.4) is 0 Å². The lowest BCUT2D eigenvalue weighted by Crippen LogP contribution is -2.34. The van der Waals surface area contributed by atoms with Gasteiger partial charge in [0.1, 0.15) is 23.7 Å². The number of aliphatic hydroxyl groups excluding tert-OH is 2. The molecule has 7 aromatic rings. The van der Waals surface area contributed by atoms with Gasteiger partial charge < -0.3 is 58.3 Å². The molecule has 4 heterocycles. The third kappa shape index (κ3) is 26.3. The average molecular weight is 1570 g/mol. The molecule has 4 aromatic carbocycles. The number of nitrogens with zero attached hydrogens (tertiary/aromatic N) is 10. The SMILES string of the molecule is C#CCOC(c1ccc(C)c(CO)c1)C(C)(C)C(=O)OC.CCn1cc(COC(c2ccc(C)c(CCl)c2)C(C)(C)C(=O)OC)nn1.CCn1cc(COC(c2ccc(C)c(CCl)c2)C(C)(C)C(=O)OC)nn1.CCn1cc(COC(c2ccc(C)c(CO)c2)C(C)(C)C(=O)OC)nn1.CN1CC(C)(C)CNCC1=O.